The maximum atomic E-state index is 12.3. The molecule has 7 heteroatoms. The molecule has 27 heavy (non-hydrogen) atoms. The Kier molecular flexibility index (Phi) is 5.88. The number of carbonyl (C=O) groups excluding carboxylic acids is 1. The normalized spacial score (nSPS) is 10.5. The number of anilines is 3. The minimum absolute atomic E-state index is 0.0959. The molecule has 1 amide bonds. The molecule has 6 nitrogen and oxygen atoms in total. The Morgan fingerprint density at radius 3 is 2.37 bits per heavy atom. The summed E-state index contributed by atoms with van der Waals surface area (Å²) in [6, 6.07) is 17.7. The van der Waals surface area contributed by atoms with Crippen LogP contribution in [0.15, 0.2) is 60.7 Å². The van der Waals surface area contributed by atoms with Crippen LogP contribution < -0.4 is 15.4 Å². The van der Waals surface area contributed by atoms with Gasteiger partial charge in [0, 0.05) is 5.69 Å². The Bertz CT molecular complexity index is 912. The molecular weight excluding hydrogens is 364 g/mol. The molecule has 3 rings (SSSR count). The van der Waals surface area contributed by atoms with Crippen molar-refractivity contribution in [3.05, 3.63) is 71.4 Å². The van der Waals surface area contributed by atoms with Crippen molar-refractivity contribution in [2.24, 2.45) is 0 Å². The SMILES string of the molecule is CC(C)Oc1ccc(NC(=O)c2ccc(Nc3ccccc3Cl)nn2)cc1. The van der Waals surface area contributed by atoms with E-state index >= 15 is 0 Å². The van der Waals surface area contributed by atoms with Crippen molar-refractivity contribution in [2.45, 2.75) is 20.0 Å². The fourth-order valence-electron chi connectivity index (χ4n) is 2.30. The number of rotatable bonds is 6. The second-order valence-corrected chi connectivity index (χ2v) is 6.46. The molecule has 0 unspecified atom stereocenters. The van der Waals surface area contributed by atoms with E-state index in [9.17, 15) is 4.79 Å². The minimum Gasteiger partial charge on any atom is -0.491 e. The minimum atomic E-state index is -0.343. The van der Waals surface area contributed by atoms with Gasteiger partial charge in [0.25, 0.3) is 5.91 Å². The fraction of sp³-hybridized carbons (Fsp3) is 0.150. The number of nitrogens with one attached hydrogen (secondary N) is 2. The van der Waals surface area contributed by atoms with Crippen LogP contribution in [0.3, 0.4) is 0 Å². The zero-order valence-corrected chi connectivity index (χ0v) is 15.7. The molecule has 3 aromatic rings. The number of hydrogen-bond donors (Lipinski definition) is 2. The van der Waals surface area contributed by atoms with E-state index in [1.54, 1.807) is 42.5 Å². The summed E-state index contributed by atoms with van der Waals surface area (Å²) in [6.45, 7) is 3.91. The average Bonchev–Trinajstić information content (AvgIpc) is 2.65. The second kappa shape index (κ2) is 8.51. The Balaban J connectivity index is 1.63. The summed E-state index contributed by atoms with van der Waals surface area (Å²) in [6.07, 6.45) is 0.0959. The second-order valence-electron chi connectivity index (χ2n) is 6.05. The Hall–Kier alpha value is -3.12. The van der Waals surface area contributed by atoms with Crippen LogP contribution in [0.1, 0.15) is 24.3 Å². The molecule has 0 bridgehead atoms. The number of benzene rings is 2. The molecule has 0 spiro atoms. The van der Waals surface area contributed by atoms with E-state index in [4.69, 9.17) is 16.3 Å². The van der Waals surface area contributed by atoms with E-state index in [2.05, 4.69) is 20.8 Å². The summed E-state index contributed by atoms with van der Waals surface area (Å²) in [4.78, 5) is 12.3. The molecule has 0 aliphatic carbocycles. The van der Waals surface area contributed by atoms with Crippen LogP contribution in [-0.4, -0.2) is 22.2 Å². The molecule has 0 radical (unpaired) electrons. The number of para-hydroxylation sites is 1. The van der Waals surface area contributed by atoms with E-state index in [1.165, 1.54) is 0 Å². The third-order valence-electron chi connectivity index (χ3n) is 3.52. The number of aromatic nitrogens is 2. The molecule has 0 aliphatic rings. The molecule has 2 aromatic carbocycles. The van der Waals surface area contributed by atoms with Crippen molar-refractivity contribution in [3.8, 4) is 5.75 Å². The molecule has 0 fully saturated rings. The lowest BCUT2D eigenvalue weighted by Gasteiger charge is -2.10. The molecule has 1 heterocycles. The lowest BCUT2D eigenvalue weighted by atomic mass is 10.2. The Morgan fingerprint density at radius 1 is 1.00 bits per heavy atom. The highest BCUT2D eigenvalue weighted by Gasteiger charge is 2.10. The van der Waals surface area contributed by atoms with Gasteiger partial charge in [0.05, 0.1) is 16.8 Å². The van der Waals surface area contributed by atoms with Gasteiger partial charge in [-0.1, -0.05) is 23.7 Å². The first-order chi connectivity index (χ1) is 13.0. The summed E-state index contributed by atoms with van der Waals surface area (Å²) < 4.78 is 5.58. The van der Waals surface area contributed by atoms with Gasteiger partial charge in [0.2, 0.25) is 0 Å². The van der Waals surface area contributed by atoms with E-state index in [0.717, 1.165) is 11.4 Å². The van der Waals surface area contributed by atoms with Crippen molar-refractivity contribution in [1.29, 1.82) is 0 Å². The standard InChI is InChI=1S/C20H19ClN4O2/c1-13(2)27-15-9-7-14(8-10-15)22-20(26)18-11-12-19(25-24-18)23-17-6-4-3-5-16(17)21/h3-13H,1-2H3,(H,22,26)(H,23,25). The first-order valence-electron chi connectivity index (χ1n) is 8.44. The van der Waals surface area contributed by atoms with Crippen LogP contribution in [-0.2, 0) is 0 Å². The molecule has 0 aliphatic heterocycles. The lowest BCUT2D eigenvalue weighted by Crippen LogP contribution is -2.14. The van der Waals surface area contributed by atoms with Gasteiger partial charge in [-0.3, -0.25) is 4.79 Å². The van der Waals surface area contributed by atoms with Crippen LogP contribution in [0.5, 0.6) is 5.75 Å². The first kappa shape index (κ1) is 18.7. The number of ether oxygens (including phenoxy) is 1. The molecule has 138 valence electrons. The van der Waals surface area contributed by atoms with Crippen molar-refractivity contribution >= 4 is 34.7 Å². The van der Waals surface area contributed by atoms with Crippen LogP contribution in [0.2, 0.25) is 5.02 Å². The first-order valence-corrected chi connectivity index (χ1v) is 8.82. The van der Waals surface area contributed by atoms with Crippen LogP contribution in [0, 0.1) is 0 Å². The largest absolute Gasteiger partial charge is 0.491 e. The van der Waals surface area contributed by atoms with E-state index in [-0.39, 0.29) is 17.7 Å². The number of nitrogens with zero attached hydrogens (tertiary/aromatic N) is 2. The third-order valence-corrected chi connectivity index (χ3v) is 3.85. The Morgan fingerprint density at radius 2 is 1.74 bits per heavy atom. The van der Waals surface area contributed by atoms with Gasteiger partial charge in [0.1, 0.15) is 5.75 Å². The monoisotopic (exact) mass is 382 g/mol. The summed E-state index contributed by atoms with van der Waals surface area (Å²) in [7, 11) is 0. The predicted molar refractivity (Wildman–Crippen MR) is 107 cm³/mol. The smallest absolute Gasteiger partial charge is 0.276 e. The highest BCUT2D eigenvalue weighted by molar-refractivity contribution is 6.33. The van der Waals surface area contributed by atoms with Gasteiger partial charge in [-0.05, 0) is 62.4 Å². The summed E-state index contributed by atoms with van der Waals surface area (Å²) in [5.74, 6) is 0.900. The number of halogens is 1. The van der Waals surface area contributed by atoms with Crippen molar-refractivity contribution in [3.63, 3.8) is 0 Å². The Labute approximate surface area is 162 Å². The van der Waals surface area contributed by atoms with Crippen molar-refractivity contribution < 1.29 is 9.53 Å². The third kappa shape index (κ3) is 5.18. The maximum Gasteiger partial charge on any atom is 0.276 e. The van der Waals surface area contributed by atoms with Gasteiger partial charge >= 0.3 is 0 Å². The van der Waals surface area contributed by atoms with Crippen molar-refractivity contribution in [2.75, 3.05) is 10.6 Å². The molecular formula is C20H19ClN4O2. The number of hydrogen-bond acceptors (Lipinski definition) is 5. The highest BCUT2D eigenvalue weighted by atomic mass is 35.5. The van der Waals surface area contributed by atoms with Gasteiger partial charge in [-0.2, -0.15) is 0 Å². The van der Waals surface area contributed by atoms with Crippen LogP contribution in [0.25, 0.3) is 0 Å². The molecule has 0 saturated heterocycles. The number of amides is 1. The lowest BCUT2D eigenvalue weighted by molar-refractivity contribution is 0.102. The topological polar surface area (TPSA) is 76.1 Å². The summed E-state index contributed by atoms with van der Waals surface area (Å²) in [5.41, 5.74) is 1.58. The zero-order valence-electron chi connectivity index (χ0n) is 14.9. The van der Waals surface area contributed by atoms with E-state index in [1.807, 2.05) is 32.0 Å². The van der Waals surface area contributed by atoms with E-state index < -0.39 is 0 Å². The molecule has 1 aromatic heterocycles. The predicted octanol–water partition coefficient (Wildman–Crippen LogP) is 4.91. The van der Waals surface area contributed by atoms with Crippen LogP contribution >= 0.6 is 11.6 Å². The quantitative estimate of drug-likeness (QED) is 0.633. The fourth-order valence-corrected chi connectivity index (χ4v) is 2.49. The maximum absolute atomic E-state index is 12.3. The van der Waals surface area contributed by atoms with Gasteiger partial charge in [-0.25, -0.2) is 0 Å². The van der Waals surface area contributed by atoms with Gasteiger partial charge < -0.3 is 15.4 Å². The zero-order chi connectivity index (χ0) is 19.2. The van der Waals surface area contributed by atoms with Gasteiger partial charge in [-0.15, -0.1) is 10.2 Å². The van der Waals surface area contributed by atoms with E-state index in [0.29, 0.717) is 16.5 Å². The molecule has 0 saturated carbocycles. The van der Waals surface area contributed by atoms with Crippen molar-refractivity contribution in [1.82, 2.24) is 10.2 Å². The van der Waals surface area contributed by atoms with Crippen LogP contribution in [0.4, 0.5) is 17.2 Å². The summed E-state index contributed by atoms with van der Waals surface area (Å²) >= 11 is 6.10. The van der Waals surface area contributed by atoms with Gasteiger partial charge in [0.15, 0.2) is 11.5 Å². The summed E-state index contributed by atoms with van der Waals surface area (Å²) in [5, 5.41) is 14.4. The number of carbonyl (C=O) groups is 1. The average molecular weight is 383 g/mol. The highest BCUT2D eigenvalue weighted by Crippen LogP contribution is 2.23. The molecule has 2 N–H and O–H groups in total. The molecule has 0 atom stereocenters.